The number of aryl methyl sites for hydroxylation is 1. The van der Waals surface area contributed by atoms with Crippen LogP contribution in [-0.4, -0.2) is 9.56 Å². The molecule has 0 spiro atoms. The van der Waals surface area contributed by atoms with Gasteiger partial charge in [0.2, 0.25) is 0 Å². The van der Waals surface area contributed by atoms with Gasteiger partial charge in [-0.25, -0.2) is 0 Å². The van der Waals surface area contributed by atoms with Crippen LogP contribution in [0.5, 0.6) is 0 Å². The fourth-order valence-electron chi connectivity index (χ4n) is 2.54. The Morgan fingerprint density at radius 2 is 2.12 bits per heavy atom. The Kier molecular flexibility index (Phi) is 3.62. The number of hydrogen-bond donors (Lipinski definition) is 1. The molecule has 17 heavy (non-hydrogen) atoms. The smallest absolute Gasteiger partial charge is 0.260 e. The predicted octanol–water partition coefficient (Wildman–Crippen LogP) is 1.98. The van der Waals surface area contributed by atoms with Crippen LogP contribution in [-0.2, 0) is 6.54 Å². The average Bonchev–Trinajstić information content (AvgIpc) is 2.76. The van der Waals surface area contributed by atoms with E-state index in [1.807, 2.05) is 17.6 Å². The molecule has 1 aromatic heterocycles. The molecular weight excluding hydrogens is 232 g/mol. The molecule has 2 rings (SSSR count). The minimum absolute atomic E-state index is 0.0376. The van der Waals surface area contributed by atoms with E-state index in [0.717, 1.165) is 12.2 Å². The van der Waals surface area contributed by atoms with Crippen molar-refractivity contribution in [1.82, 2.24) is 4.57 Å². The summed E-state index contributed by atoms with van der Waals surface area (Å²) >= 11 is 4.90. The van der Waals surface area contributed by atoms with Gasteiger partial charge in [-0.1, -0.05) is 25.1 Å². The molecule has 4 heteroatoms. The van der Waals surface area contributed by atoms with Gasteiger partial charge in [0, 0.05) is 12.2 Å². The number of pyridine rings is 1. The fourth-order valence-corrected chi connectivity index (χ4v) is 2.69. The van der Waals surface area contributed by atoms with Crippen LogP contribution >= 0.6 is 12.2 Å². The van der Waals surface area contributed by atoms with E-state index in [9.17, 15) is 4.79 Å². The van der Waals surface area contributed by atoms with E-state index in [4.69, 9.17) is 18.0 Å². The molecule has 1 saturated carbocycles. The van der Waals surface area contributed by atoms with E-state index in [1.165, 1.54) is 25.7 Å². The Labute approximate surface area is 107 Å². The molecule has 1 aromatic rings. The van der Waals surface area contributed by atoms with Gasteiger partial charge in [-0.2, -0.15) is 0 Å². The van der Waals surface area contributed by atoms with Gasteiger partial charge in [0.1, 0.15) is 4.99 Å². The summed E-state index contributed by atoms with van der Waals surface area (Å²) in [7, 11) is 0. The molecule has 1 fully saturated rings. The van der Waals surface area contributed by atoms with Crippen LogP contribution in [0.25, 0.3) is 0 Å². The summed E-state index contributed by atoms with van der Waals surface area (Å²) in [5.41, 5.74) is 6.97. The zero-order valence-corrected chi connectivity index (χ0v) is 10.9. The van der Waals surface area contributed by atoms with E-state index in [1.54, 1.807) is 6.07 Å². The first-order valence-corrected chi connectivity index (χ1v) is 6.50. The normalized spacial score (nSPS) is 16.3. The van der Waals surface area contributed by atoms with Crippen molar-refractivity contribution in [3.63, 3.8) is 0 Å². The van der Waals surface area contributed by atoms with Gasteiger partial charge in [0.25, 0.3) is 5.56 Å². The molecule has 92 valence electrons. The lowest BCUT2D eigenvalue weighted by Gasteiger charge is -2.15. The largest absolute Gasteiger partial charge is 0.389 e. The van der Waals surface area contributed by atoms with Crippen LogP contribution in [0, 0.1) is 12.8 Å². The van der Waals surface area contributed by atoms with Crippen molar-refractivity contribution in [2.45, 2.75) is 39.2 Å². The van der Waals surface area contributed by atoms with E-state index >= 15 is 0 Å². The summed E-state index contributed by atoms with van der Waals surface area (Å²) in [6.07, 6.45) is 5.02. The van der Waals surface area contributed by atoms with Crippen molar-refractivity contribution in [2.24, 2.45) is 11.7 Å². The third kappa shape index (κ3) is 2.57. The zero-order chi connectivity index (χ0) is 12.4. The Balaban J connectivity index is 2.34. The second-order valence-corrected chi connectivity index (χ2v) is 5.26. The molecule has 0 aliphatic heterocycles. The van der Waals surface area contributed by atoms with Gasteiger partial charge in [-0.15, -0.1) is 0 Å². The number of thiocarbonyl (C=S) groups is 1. The van der Waals surface area contributed by atoms with Crippen LogP contribution in [0.3, 0.4) is 0 Å². The van der Waals surface area contributed by atoms with Gasteiger partial charge < -0.3 is 10.3 Å². The molecule has 0 bridgehead atoms. The number of aromatic nitrogens is 1. The van der Waals surface area contributed by atoms with Gasteiger partial charge >= 0.3 is 0 Å². The lowest BCUT2D eigenvalue weighted by Crippen LogP contribution is -2.31. The second kappa shape index (κ2) is 5.00. The number of hydrogen-bond acceptors (Lipinski definition) is 2. The summed E-state index contributed by atoms with van der Waals surface area (Å²) in [5.74, 6) is 0.632. The number of rotatable bonds is 3. The average molecular weight is 250 g/mol. The molecule has 0 radical (unpaired) electrons. The standard InChI is InChI=1S/C13H18N2OS/c1-9-6-7-11(12(14)17)13(16)15(9)8-10-4-2-3-5-10/h6-7,10H,2-5,8H2,1H3,(H2,14,17). The highest BCUT2D eigenvalue weighted by Crippen LogP contribution is 2.26. The first-order chi connectivity index (χ1) is 8.09. The van der Waals surface area contributed by atoms with Crippen molar-refractivity contribution in [2.75, 3.05) is 0 Å². The maximum absolute atomic E-state index is 12.2. The molecule has 0 unspecified atom stereocenters. The molecule has 0 amide bonds. The third-order valence-corrected chi connectivity index (χ3v) is 3.79. The minimum Gasteiger partial charge on any atom is -0.389 e. The Morgan fingerprint density at radius 1 is 1.47 bits per heavy atom. The summed E-state index contributed by atoms with van der Waals surface area (Å²) in [5, 5.41) is 0. The fraction of sp³-hybridized carbons (Fsp3) is 0.538. The quantitative estimate of drug-likeness (QED) is 0.835. The highest BCUT2D eigenvalue weighted by molar-refractivity contribution is 7.80. The van der Waals surface area contributed by atoms with Gasteiger partial charge in [-0.05, 0) is 37.8 Å². The van der Waals surface area contributed by atoms with Gasteiger partial charge in [-0.3, -0.25) is 4.79 Å². The summed E-state index contributed by atoms with van der Waals surface area (Å²) in [6.45, 7) is 2.76. The monoisotopic (exact) mass is 250 g/mol. The van der Waals surface area contributed by atoms with E-state index < -0.39 is 0 Å². The molecular formula is C13H18N2OS. The van der Waals surface area contributed by atoms with Crippen LogP contribution in [0.4, 0.5) is 0 Å². The summed E-state index contributed by atoms with van der Waals surface area (Å²) in [4.78, 5) is 12.4. The van der Waals surface area contributed by atoms with E-state index in [2.05, 4.69) is 0 Å². The summed E-state index contributed by atoms with van der Waals surface area (Å²) < 4.78 is 1.82. The van der Waals surface area contributed by atoms with Gasteiger partial charge in [0.05, 0.1) is 5.56 Å². The Hall–Kier alpha value is -1.16. The third-order valence-electron chi connectivity index (χ3n) is 3.57. The molecule has 1 heterocycles. The number of nitrogens with two attached hydrogens (primary N) is 1. The van der Waals surface area contributed by atoms with Crippen molar-refractivity contribution < 1.29 is 0 Å². The highest BCUT2D eigenvalue weighted by Gasteiger charge is 2.17. The number of nitrogens with zero attached hydrogens (tertiary/aromatic N) is 1. The highest BCUT2D eigenvalue weighted by atomic mass is 32.1. The lowest BCUT2D eigenvalue weighted by atomic mass is 10.1. The molecule has 0 atom stereocenters. The molecule has 0 saturated heterocycles. The van der Waals surface area contributed by atoms with Crippen LogP contribution in [0.15, 0.2) is 16.9 Å². The molecule has 1 aliphatic rings. The SMILES string of the molecule is Cc1ccc(C(N)=S)c(=O)n1CC1CCCC1. The topological polar surface area (TPSA) is 48.0 Å². The van der Waals surface area contributed by atoms with Crippen molar-refractivity contribution >= 4 is 17.2 Å². The maximum Gasteiger partial charge on any atom is 0.260 e. The van der Waals surface area contributed by atoms with Crippen molar-refractivity contribution in [3.8, 4) is 0 Å². The van der Waals surface area contributed by atoms with E-state index in [-0.39, 0.29) is 10.5 Å². The second-order valence-electron chi connectivity index (χ2n) is 4.82. The van der Waals surface area contributed by atoms with Crippen LogP contribution < -0.4 is 11.3 Å². The lowest BCUT2D eigenvalue weighted by molar-refractivity contribution is 0.443. The van der Waals surface area contributed by atoms with Crippen molar-refractivity contribution in [3.05, 3.63) is 33.7 Å². The molecule has 3 nitrogen and oxygen atoms in total. The van der Waals surface area contributed by atoms with Crippen LogP contribution in [0.1, 0.15) is 36.9 Å². The maximum atomic E-state index is 12.2. The molecule has 2 N–H and O–H groups in total. The van der Waals surface area contributed by atoms with Gasteiger partial charge in [0.15, 0.2) is 0 Å². The Bertz CT molecular complexity index is 487. The van der Waals surface area contributed by atoms with Crippen LogP contribution in [0.2, 0.25) is 0 Å². The predicted molar refractivity (Wildman–Crippen MR) is 73.3 cm³/mol. The Morgan fingerprint density at radius 3 is 2.71 bits per heavy atom. The molecule has 1 aliphatic carbocycles. The van der Waals surface area contributed by atoms with E-state index in [0.29, 0.717) is 11.5 Å². The first kappa shape index (κ1) is 12.3. The summed E-state index contributed by atoms with van der Waals surface area (Å²) in [6, 6.07) is 3.65. The minimum atomic E-state index is -0.0376. The molecule has 0 aromatic carbocycles. The zero-order valence-electron chi connectivity index (χ0n) is 10.1. The van der Waals surface area contributed by atoms with Crippen molar-refractivity contribution in [1.29, 1.82) is 0 Å². The first-order valence-electron chi connectivity index (χ1n) is 6.10.